The average molecular weight is 296 g/mol. The summed E-state index contributed by atoms with van der Waals surface area (Å²) in [5.74, 6) is 0.867. The van der Waals surface area contributed by atoms with E-state index in [4.69, 9.17) is 4.74 Å². The largest absolute Gasteiger partial charge is 0.493 e. The van der Waals surface area contributed by atoms with Crippen molar-refractivity contribution in [3.63, 3.8) is 0 Å². The minimum absolute atomic E-state index is 0.176. The number of rotatable bonds is 6. The number of nitrogens with one attached hydrogen (secondary N) is 1. The van der Waals surface area contributed by atoms with Gasteiger partial charge in [-0.2, -0.15) is 5.10 Å². The van der Waals surface area contributed by atoms with Gasteiger partial charge in [0.25, 0.3) is 0 Å². The molecule has 1 fully saturated rings. The minimum atomic E-state index is -0.867. The molecule has 0 aromatic carbocycles. The first-order valence-corrected chi connectivity index (χ1v) is 7.71. The molecule has 6 heteroatoms. The molecular formula is C15H28N4O2. The van der Waals surface area contributed by atoms with Crippen LogP contribution >= 0.6 is 0 Å². The summed E-state index contributed by atoms with van der Waals surface area (Å²) in [6.45, 7) is 5.39. The molecule has 120 valence electrons. The lowest BCUT2D eigenvalue weighted by molar-refractivity contribution is -0.0566. The number of piperidine rings is 1. The van der Waals surface area contributed by atoms with Gasteiger partial charge in [0.05, 0.1) is 19.9 Å². The van der Waals surface area contributed by atoms with Gasteiger partial charge in [0.1, 0.15) is 11.3 Å². The highest BCUT2D eigenvalue weighted by Crippen LogP contribution is 2.41. The Bertz CT molecular complexity index is 461. The third-order valence-corrected chi connectivity index (χ3v) is 4.44. The zero-order chi connectivity index (χ0) is 15.5. The Morgan fingerprint density at radius 3 is 2.95 bits per heavy atom. The van der Waals surface area contributed by atoms with Crippen molar-refractivity contribution in [1.29, 1.82) is 0 Å². The number of ether oxygens (including phenoxy) is 1. The Morgan fingerprint density at radius 1 is 1.57 bits per heavy atom. The molecule has 2 atom stereocenters. The van der Waals surface area contributed by atoms with E-state index in [0.29, 0.717) is 12.2 Å². The maximum absolute atomic E-state index is 11.4. The third-order valence-electron chi connectivity index (χ3n) is 4.44. The molecule has 2 heterocycles. The van der Waals surface area contributed by atoms with Crippen molar-refractivity contribution >= 4 is 0 Å². The number of likely N-dealkylation sites (N-methyl/N-ethyl adjacent to an activating group) is 1. The summed E-state index contributed by atoms with van der Waals surface area (Å²) in [4.78, 5) is 2.11. The van der Waals surface area contributed by atoms with Gasteiger partial charge < -0.3 is 20.1 Å². The van der Waals surface area contributed by atoms with Crippen LogP contribution < -0.4 is 10.1 Å². The van der Waals surface area contributed by atoms with E-state index >= 15 is 0 Å². The molecule has 0 radical (unpaired) electrons. The number of nitrogens with zero attached hydrogens (tertiary/aromatic N) is 3. The van der Waals surface area contributed by atoms with Crippen LogP contribution in [0, 0.1) is 5.92 Å². The molecule has 1 aliphatic rings. The molecule has 0 aliphatic carbocycles. The molecule has 21 heavy (non-hydrogen) atoms. The van der Waals surface area contributed by atoms with Crippen molar-refractivity contribution < 1.29 is 9.84 Å². The average Bonchev–Trinajstić information content (AvgIpc) is 2.89. The first-order valence-electron chi connectivity index (χ1n) is 7.71. The van der Waals surface area contributed by atoms with Crippen LogP contribution in [-0.2, 0) is 12.1 Å². The SMILES string of the molecule is CCC1CNCCC1(O)c1c(OC)cnn1CCN(C)C. The zero-order valence-electron chi connectivity index (χ0n) is 13.6. The van der Waals surface area contributed by atoms with E-state index in [2.05, 4.69) is 22.2 Å². The molecule has 0 bridgehead atoms. The Balaban J connectivity index is 2.36. The fourth-order valence-corrected chi connectivity index (χ4v) is 3.14. The van der Waals surface area contributed by atoms with Crippen LogP contribution in [0.2, 0.25) is 0 Å². The maximum Gasteiger partial charge on any atom is 0.162 e. The Morgan fingerprint density at radius 2 is 2.33 bits per heavy atom. The van der Waals surface area contributed by atoms with Crippen LogP contribution in [0.25, 0.3) is 0 Å². The van der Waals surface area contributed by atoms with Crippen molar-refractivity contribution in [2.45, 2.75) is 31.9 Å². The van der Waals surface area contributed by atoms with Crippen LogP contribution in [0.4, 0.5) is 0 Å². The molecular weight excluding hydrogens is 268 g/mol. The molecule has 1 saturated heterocycles. The van der Waals surface area contributed by atoms with Crippen molar-refractivity contribution in [2.24, 2.45) is 5.92 Å². The van der Waals surface area contributed by atoms with Crippen molar-refractivity contribution in [1.82, 2.24) is 20.0 Å². The van der Waals surface area contributed by atoms with Crippen molar-refractivity contribution in [3.05, 3.63) is 11.9 Å². The Hall–Kier alpha value is -1.11. The predicted molar refractivity (Wildman–Crippen MR) is 82.5 cm³/mol. The topological polar surface area (TPSA) is 62.5 Å². The van der Waals surface area contributed by atoms with Crippen molar-refractivity contribution in [2.75, 3.05) is 40.8 Å². The lowest BCUT2D eigenvalue weighted by Gasteiger charge is -2.40. The van der Waals surface area contributed by atoms with Crippen molar-refractivity contribution in [3.8, 4) is 5.75 Å². The van der Waals surface area contributed by atoms with E-state index < -0.39 is 5.60 Å². The minimum Gasteiger partial charge on any atom is -0.493 e. The number of hydrogen-bond acceptors (Lipinski definition) is 5. The standard InChI is InChI=1S/C15H28N4O2/c1-5-12-10-16-7-6-15(12,20)14-13(21-4)11-17-19(14)9-8-18(2)3/h11-12,16,20H,5-10H2,1-4H3. The Kier molecular flexibility index (Phi) is 5.24. The summed E-state index contributed by atoms with van der Waals surface area (Å²) < 4.78 is 7.38. The molecule has 2 N–H and O–H groups in total. The van der Waals surface area contributed by atoms with E-state index in [1.807, 2.05) is 18.8 Å². The fraction of sp³-hybridized carbons (Fsp3) is 0.800. The number of hydrogen-bond donors (Lipinski definition) is 2. The number of aromatic nitrogens is 2. The summed E-state index contributed by atoms with van der Waals surface area (Å²) in [6, 6.07) is 0. The second kappa shape index (κ2) is 6.77. The zero-order valence-corrected chi connectivity index (χ0v) is 13.6. The van der Waals surface area contributed by atoms with E-state index in [9.17, 15) is 5.11 Å². The molecule has 0 spiro atoms. The molecule has 2 unspecified atom stereocenters. The quantitative estimate of drug-likeness (QED) is 0.807. The van der Waals surface area contributed by atoms with Gasteiger partial charge >= 0.3 is 0 Å². The summed E-state index contributed by atoms with van der Waals surface area (Å²) in [5, 5.41) is 19.2. The highest BCUT2D eigenvalue weighted by molar-refractivity contribution is 5.32. The highest BCUT2D eigenvalue weighted by Gasteiger charge is 2.44. The monoisotopic (exact) mass is 296 g/mol. The summed E-state index contributed by atoms with van der Waals surface area (Å²) >= 11 is 0. The van der Waals surface area contributed by atoms with Gasteiger partial charge in [-0.25, -0.2) is 0 Å². The van der Waals surface area contributed by atoms with Crippen LogP contribution in [0.1, 0.15) is 25.5 Å². The van der Waals surface area contributed by atoms with Gasteiger partial charge in [0, 0.05) is 19.0 Å². The van der Waals surface area contributed by atoms with Crippen LogP contribution in [0.5, 0.6) is 5.75 Å². The van der Waals surface area contributed by atoms with E-state index in [1.165, 1.54) is 0 Å². The second-order valence-corrected chi connectivity index (χ2v) is 6.07. The molecule has 1 aromatic heterocycles. The predicted octanol–water partition coefficient (Wildman–Crippen LogP) is 0.660. The summed E-state index contributed by atoms with van der Waals surface area (Å²) in [7, 11) is 5.71. The smallest absolute Gasteiger partial charge is 0.162 e. The third kappa shape index (κ3) is 3.22. The van der Waals surface area contributed by atoms with E-state index in [-0.39, 0.29) is 5.92 Å². The summed E-state index contributed by atoms with van der Waals surface area (Å²) in [6.07, 6.45) is 3.33. The maximum atomic E-state index is 11.4. The Labute approximate surface area is 127 Å². The first-order chi connectivity index (χ1) is 10.0. The van der Waals surface area contributed by atoms with Gasteiger partial charge in [-0.05, 0) is 33.5 Å². The van der Waals surface area contributed by atoms with E-state index in [1.54, 1.807) is 13.3 Å². The fourth-order valence-electron chi connectivity index (χ4n) is 3.14. The molecule has 2 rings (SSSR count). The normalized spacial score (nSPS) is 26.3. The first kappa shape index (κ1) is 16.3. The van der Waals surface area contributed by atoms with Gasteiger partial charge in [0.15, 0.2) is 5.75 Å². The van der Waals surface area contributed by atoms with Gasteiger partial charge in [0.2, 0.25) is 0 Å². The van der Waals surface area contributed by atoms with Gasteiger partial charge in [-0.1, -0.05) is 6.92 Å². The lowest BCUT2D eigenvalue weighted by Crippen LogP contribution is -2.49. The van der Waals surface area contributed by atoms with E-state index in [0.717, 1.165) is 38.3 Å². The van der Waals surface area contributed by atoms with Gasteiger partial charge in [-0.15, -0.1) is 0 Å². The van der Waals surface area contributed by atoms with Crippen LogP contribution in [0.15, 0.2) is 6.20 Å². The number of methoxy groups -OCH3 is 1. The second-order valence-electron chi connectivity index (χ2n) is 6.07. The van der Waals surface area contributed by atoms with Gasteiger partial charge in [-0.3, -0.25) is 4.68 Å². The van der Waals surface area contributed by atoms with Crippen LogP contribution in [-0.4, -0.2) is 60.6 Å². The molecule has 0 saturated carbocycles. The highest BCUT2D eigenvalue weighted by atomic mass is 16.5. The molecule has 6 nitrogen and oxygen atoms in total. The van der Waals surface area contributed by atoms with Crippen LogP contribution in [0.3, 0.4) is 0 Å². The lowest BCUT2D eigenvalue weighted by atomic mass is 9.77. The summed E-state index contributed by atoms with van der Waals surface area (Å²) in [5.41, 5.74) is -0.0334. The molecule has 0 amide bonds. The molecule has 1 aliphatic heterocycles. The molecule has 1 aromatic rings. The number of aliphatic hydroxyl groups is 1.